The van der Waals surface area contributed by atoms with E-state index in [2.05, 4.69) is 22.5 Å². The first-order valence-corrected chi connectivity index (χ1v) is 11.1. The van der Waals surface area contributed by atoms with Crippen LogP contribution in [-0.2, 0) is 6.54 Å². The fourth-order valence-corrected chi connectivity index (χ4v) is 4.50. The third-order valence-corrected chi connectivity index (χ3v) is 6.86. The Morgan fingerprint density at radius 3 is 2.45 bits per heavy atom. The summed E-state index contributed by atoms with van der Waals surface area (Å²) in [5.74, 6) is -0.197. The number of pyridine rings is 1. The zero-order valence-electron chi connectivity index (χ0n) is 19.3. The predicted molar refractivity (Wildman–Crippen MR) is 125 cm³/mol. The van der Waals surface area contributed by atoms with Crippen molar-refractivity contribution in [2.24, 2.45) is 0 Å². The van der Waals surface area contributed by atoms with Crippen molar-refractivity contribution in [3.05, 3.63) is 62.6 Å². The number of benzene rings is 1. The Bertz CT molecular complexity index is 1010. The minimum absolute atomic E-state index is 0.0750. The molecular formula is C25H35N3O3. The molecule has 31 heavy (non-hydrogen) atoms. The second-order valence-electron chi connectivity index (χ2n) is 9.36. The van der Waals surface area contributed by atoms with Crippen LogP contribution in [0.25, 0.3) is 0 Å². The number of hydrogen-bond donors (Lipinski definition) is 4. The van der Waals surface area contributed by atoms with Gasteiger partial charge in [-0.05, 0) is 89.1 Å². The number of aromatic amines is 1. The van der Waals surface area contributed by atoms with Gasteiger partial charge in [-0.2, -0.15) is 0 Å². The van der Waals surface area contributed by atoms with E-state index >= 15 is 0 Å². The van der Waals surface area contributed by atoms with Gasteiger partial charge in [-0.15, -0.1) is 0 Å². The highest BCUT2D eigenvalue weighted by atomic mass is 16.3. The number of aromatic nitrogens is 1. The Labute approximate surface area is 184 Å². The number of amides is 1. The highest BCUT2D eigenvalue weighted by Crippen LogP contribution is 2.39. The van der Waals surface area contributed by atoms with Gasteiger partial charge >= 0.3 is 0 Å². The molecule has 1 aliphatic carbocycles. The molecular weight excluding hydrogens is 390 g/mol. The average molecular weight is 426 g/mol. The Balaban J connectivity index is 1.76. The summed E-state index contributed by atoms with van der Waals surface area (Å²) in [5, 5.41) is 16.9. The van der Waals surface area contributed by atoms with Gasteiger partial charge in [-0.3, -0.25) is 9.59 Å². The minimum Gasteiger partial charge on any atom is -0.390 e. The van der Waals surface area contributed by atoms with Crippen molar-refractivity contribution in [3.63, 3.8) is 0 Å². The van der Waals surface area contributed by atoms with E-state index in [0.717, 1.165) is 54.6 Å². The van der Waals surface area contributed by atoms with Crippen LogP contribution in [-0.4, -0.2) is 27.1 Å². The SMILES string of the molecule is CCC1(Nc2cccc(C(=O)NCc3c(C)cc(C)[nH]c3=O)c2C)CCC(C)(O)CC1. The van der Waals surface area contributed by atoms with Crippen molar-refractivity contribution < 1.29 is 9.90 Å². The minimum atomic E-state index is -0.594. The second-order valence-corrected chi connectivity index (χ2v) is 9.36. The molecule has 0 aliphatic heterocycles. The van der Waals surface area contributed by atoms with Crippen molar-refractivity contribution in [2.45, 2.75) is 84.4 Å². The molecule has 4 N–H and O–H groups in total. The number of aryl methyl sites for hydroxylation is 2. The number of H-pyrrole nitrogens is 1. The van der Waals surface area contributed by atoms with Crippen LogP contribution in [0.1, 0.15) is 78.7 Å². The van der Waals surface area contributed by atoms with E-state index in [9.17, 15) is 14.7 Å². The van der Waals surface area contributed by atoms with Gasteiger partial charge in [0.05, 0.1) is 5.60 Å². The molecule has 0 spiro atoms. The molecule has 1 saturated carbocycles. The van der Waals surface area contributed by atoms with Crippen molar-refractivity contribution in [2.75, 3.05) is 5.32 Å². The molecule has 1 aromatic heterocycles. The topological polar surface area (TPSA) is 94.2 Å². The van der Waals surface area contributed by atoms with Crippen molar-refractivity contribution in [3.8, 4) is 0 Å². The molecule has 168 valence electrons. The van der Waals surface area contributed by atoms with Gasteiger partial charge in [0.1, 0.15) is 0 Å². The third-order valence-electron chi connectivity index (χ3n) is 6.86. The Hall–Kier alpha value is -2.60. The van der Waals surface area contributed by atoms with E-state index in [4.69, 9.17) is 0 Å². The second kappa shape index (κ2) is 8.87. The molecule has 1 fully saturated rings. The highest BCUT2D eigenvalue weighted by Gasteiger charge is 2.38. The Morgan fingerprint density at radius 1 is 1.16 bits per heavy atom. The number of carbonyl (C=O) groups is 1. The van der Waals surface area contributed by atoms with Crippen LogP contribution in [0.4, 0.5) is 5.69 Å². The quantitative estimate of drug-likeness (QED) is 0.560. The largest absolute Gasteiger partial charge is 0.390 e. The fraction of sp³-hybridized carbons (Fsp3) is 0.520. The normalized spacial score (nSPS) is 23.4. The maximum absolute atomic E-state index is 12.9. The van der Waals surface area contributed by atoms with Gasteiger partial charge in [0.2, 0.25) is 0 Å². The van der Waals surface area contributed by atoms with E-state index in [0.29, 0.717) is 11.1 Å². The number of hydrogen-bond acceptors (Lipinski definition) is 4. The van der Waals surface area contributed by atoms with Gasteiger partial charge < -0.3 is 20.7 Å². The Morgan fingerprint density at radius 2 is 1.84 bits per heavy atom. The Kier molecular flexibility index (Phi) is 6.60. The van der Waals surface area contributed by atoms with E-state index in [1.165, 1.54) is 0 Å². The molecule has 0 bridgehead atoms. The van der Waals surface area contributed by atoms with Crippen LogP contribution >= 0.6 is 0 Å². The van der Waals surface area contributed by atoms with Crippen LogP contribution in [0.5, 0.6) is 0 Å². The molecule has 0 atom stereocenters. The van der Waals surface area contributed by atoms with Gasteiger partial charge in [0.25, 0.3) is 11.5 Å². The number of carbonyl (C=O) groups excluding carboxylic acids is 1. The first-order valence-electron chi connectivity index (χ1n) is 11.1. The molecule has 1 heterocycles. The van der Waals surface area contributed by atoms with E-state index in [1.54, 1.807) is 0 Å². The van der Waals surface area contributed by atoms with E-state index in [-0.39, 0.29) is 23.6 Å². The molecule has 0 unspecified atom stereocenters. The summed E-state index contributed by atoms with van der Waals surface area (Å²) in [4.78, 5) is 27.9. The molecule has 2 aromatic rings. The van der Waals surface area contributed by atoms with Crippen LogP contribution in [0.15, 0.2) is 29.1 Å². The highest BCUT2D eigenvalue weighted by molar-refractivity contribution is 5.97. The maximum Gasteiger partial charge on any atom is 0.253 e. The summed E-state index contributed by atoms with van der Waals surface area (Å²) >= 11 is 0. The molecule has 3 rings (SSSR count). The fourth-order valence-electron chi connectivity index (χ4n) is 4.50. The molecule has 1 aliphatic rings. The van der Waals surface area contributed by atoms with Crippen LogP contribution in [0, 0.1) is 20.8 Å². The molecule has 0 saturated heterocycles. The van der Waals surface area contributed by atoms with E-state index < -0.39 is 5.60 Å². The summed E-state index contributed by atoms with van der Waals surface area (Å²) in [6.45, 7) is 9.93. The van der Waals surface area contributed by atoms with E-state index in [1.807, 2.05) is 52.0 Å². The number of aliphatic hydroxyl groups is 1. The number of nitrogens with one attached hydrogen (secondary N) is 3. The number of rotatable bonds is 6. The van der Waals surface area contributed by atoms with Crippen LogP contribution in [0.2, 0.25) is 0 Å². The average Bonchev–Trinajstić information content (AvgIpc) is 2.70. The lowest BCUT2D eigenvalue weighted by molar-refractivity contribution is 0.00466. The molecule has 6 nitrogen and oxygen atoms in total. The summed E-state index contributed by atoms with van der Waals surface area (Å²) in [6, 6.07) is 7.61. The lowest BCUT2D eigenvalue weighted by atomic mass is 9.73. The molecule has 1 amide bonds. The van der Waals surface area contributed by atoms with Gasteiger partial charge in [-0.25, -0.2) is 0 Å². The third kappa shape index (κ3) is 5.18. The van der Waals surface area contributed by atoms with Crippen LogP contribution < -0.4 is 16.2 Å². The van der Waals surface area contributed by atoms with Crippen LogP contribution in [0.3, 0.4) is 0 Å². The lowest BCUT2D eigenvalue weighted by Gasteiger charge is -2.44. The molecule has 1 aromatic carbocycles. The van der Waals surface area contributed by atoms with Crippen molar-refractivity contribution in [1.29, 1.82) is 0 Å². The van der Waals surface area contributed by atoms with Gasteiger partial charge in [0.15, 0.2) is 0 Å². The summed E-state index contributed by atoms with van der Waals surface area (Å²) in [7, 11) is 0. The lowest BCUT2D eigenvalue weighted by Crippen LogP contribution is -2.46. The molecule has 6 heteroatoms. The predicted octanol–water partition coefficient (Wildman–Crippen LogP) is 4.12. The summed E-state index contributed by atoms with van der Waals surface area (Å²) < 4.78 is 0. The van der Waals surface area contributed by atoms with Gasteiger partial charge in [0, 0.05) is 34.6 Å². The standard InChI is InChI=1S/C25H35N3O3/c1-6-25(12-10-24(5,31)11-13-25)28-21-9-7-8-19(18(21)4)22(29)26-15-20-16(2)14-17(3)27-23(20)30/h7-9,14,28,31H,6,10-13,15H2,1-5H3,(H,26,29)(H,27,30). The van der Waals surface area contributed by atoms with Crippen molar-refractivity contribution in [1.82, 2.24) is 10.3 Å². The first kappa shape index (κ1) is 23.1. The molecule has 0 radical (unpaired) electrons. The first-order chi connectivity index (χ1) is 14.6. The monoisotopic (exact) mass is 425 g/mol. The zero-order chi connectivity index (χ0) is 22.8. The maximum atomic E-state index is 12.9. The zero-order valence-corrected chi connectivity index (χ0v) is 19.3. The van der Waals surface area contributed by atoms with Crippen molar-refractivity contribution >= 4 is 11.6 Å². The van der Waals surface area contributed by atoms with Gasteiger partial charge in [-0.1, -0.05) is 13.0 Å². The summed E-state index contributed by atoms with van der Waals surface area (Å²) in [6.07, 6.45) is 4.26. The smallest absolute Gasteiger partial charge is 0.253 e. The number of anilines is 1. The summed E-state index contributed by atoms with van der Waals surface area (Å²) in [5.41, 5.74) is 3.85.